The summed E-state index contributed by atoms with van der Waals surface area (Å²) in [5, 5.41) is 0. The summed E-state index contributed by atoms with van der Waals surface area (Å²) >= 11 is 0. The first-order valence-electron chi connectivity index (χ1n) is 6.64. The highest BCUT2D eigenvalue weighted by molar-refractivity contribution is 5.28. The minimum absolute atomic E-state index is 0.0555. The van der Waals surface area contributed by atoms with Crippen molar-refractivity contribution < 1.29 is 0 Å². The minimum Gasteiger partial charge on any atom is -0.309 e. The summed E-state index contributed by atoms with van der Waals surface area (Å²) in [5.41, 5.74) is 3.68. The zero-order valence-electron chi connectivity index (χ0n) is 12.1. The summed E-state index contributed by atoms with van der Waals surface area (Å²) in [6.07, 6.45) is 0. The molecule has 1 heterocycles. The van der Waals surface area contributed by atoms with Gasteiger partial charge in [-0.1, -0.05) is 51.1 Å². The highest BCUT2D eigenvalue weighted by Gasteiger charge is 2.12. The van der Waals surface area contributed by atoms with Crippen molar-refractivity contribution in [2.75, 3.05) is 0 Å². The lowest BCUT2D eigenvalue weighted by Gasteiger charge is -2.19. The Morgan fingerprint density at radius 2 is 1.63 bits per heavy atom. The second-order valence-electron chi connectivity index (χ2n) is 6.04. The molecule has 0 bridgehead atoms. The van der Waals surface area contributed by atoms with Crippen LogP contribution in [0, 0.1) is 6.92 Å². The van der Waals surface area contributed by atoms with Crippen molar-refractivity contribution in [2.24, 2.45) is 0 Å². The first-order chi connectivity index (χ1) is 8.88. The molecule has 0 saturated carbocycles. The summed E-state index contributed by atoms with van der Waals surface area (Å²) in [5.74, 6) is 0. The van der Waals surface area contributed by atoms with E-state index in [-0.39, 0.29) is 11.0 Å². The molecule has 0 N–H and O–H groups in total. The van der Waals surface area contributed by atoms with Gasteiger partial charge in [0.15, 0.2) is 0 Å². The average molecular weight is 255 g/mol. The SMILES string of the molecule is Cc1cccc(=O)n1Cc1ccc(C(C)(C)C)cc1. The molecule has 100 valence electrons. The Morgan fingerprint density at radius 1 is 1.00 bits per heavy atom. The van der Waals surface area contributed by atoms with Crippen molar-refractivity contribution in [3.63, 3.8) is 0 Å². The lowest BCUT2D eigenvalue weighted by Crippen LogP contribution is -2.21. The van der Waals surface area contributed by atoms with Crippen LogP contribution in [-0.2, 0) is 12.0 Å². The largest absolute Gasteiger partial charge is 0.309 e. The quantitative estimate of drug-likeness (QED) is 0.805. The number of aryl methyl sites for hydroxylation is 1. The van der Waals surface area contributed by atoms with Gasteiger partial charge >= 0.3 is 0 Å². The van der Waals surface area contributed by atoms with E-state index in [1.54, 1.807) is 16.7 Å². The normalized spacial score (nSPS) is 11.6. The van der Waals surface area contributed by atoms with Crippen molar-refractivity contribution >= 4 is 0 Å². The van der Waals surface area contributed by atoms with Gasteiger partial charge in [0.25, 0.3) is 5.56 Å². The predicted octanol–water partition coefficient (Wildman–Crippen LogP) is 3.50. The molecule has 0 unspecified atom stereocenters. The van der Waals surface area contributed by atoms with Gasteiger partial charge in [0, 0.05) is 11.8 Å². The third kappa shape index (κ3) is 3.14. The van der Waals surface area contributed by atoms with E-state index in [1.807, 2.05) is 13.0 Å². The van der Waals surface area contributed by atoms with Gasteiger partial charge in [-0.25, -0.2) is 0 Å². The van der Waals surface area contributed by atoms with Crippen molar-refractivity contribution in [3.8, 4) is 0 Å². The molecule has 0 atom stereocenters. The highest BCUT2D eigenvalue weighted by atomic mass is 16.1. The third-order valence-corrected chi connectivity index (χ3v) is 3.43. The molecule has 0 radical (unpaired) electrons. The molecule has 0 fully saturated rings. The number of rotatable bonds is 2. The maximum atomic E-state index is 11.8. The zero-order chi connectivity index (χ0) is 14.0. The fourth-order valence-corrected chi connectivity index (χ4v) is 2.12. The van der Waals surface area contributed by atoms with Crippen LogP contribution in [0.25, 0.3) is 0 Å². The maximum Gasteiger partial charge on any atom is 0.251 e. The van der Waals surface area contributed by atoms with E-state index in [0.29, 0.717) is 6.54 Å². The van der Waals surface area contributed by atoms with Crippen LogP contribution in [0.3, 0.4) is 0 Å². The summed E-state index contributed by atoms with van der Waals surface area (Å²) < 4.78 is 1.80. The van der Waals surface area contributed by atoms with Crippen LogP contribution in [0.2, 0.25) is 0 Å². The number of aromatic nitrogens is 1. The van der Waals surface area contributed by atoms with E-state index in [4.69, 9.17) is 0 Å². The van der Waals surface area contributed by atoms with E-state index in [2.05, 4.69) is 45.0 Å². The van der Waals surface area contributed by atoms with Gasteiger partial charge in [0.2, 0.25) is 0 Å². The average Bonchev–Trinajstić information content (AvgIpc) is 2.33. The Morgan fingerprint density at radius 3 is 2.16 bits per heavy atom. The van der Waals surface area contributed by atoms with Gasteiger partial charge in [0.05, 0.1) is 6.54 Å². The van der Waals surface area contributed by atoms with Crippen LogP contribution in [0.5, 0.6) is 0 Å². The van der Waals surface area contributed by atoms with Crippen LogP contribution in [0.15, 0.2) is 47.3 Å². The second-order valence-corrected chi connectivity index (χ2v) is 6.04. The van der Waals surface area contributed by atoms with E-state index < -0.39 is 0 Å². The Labute approximate surface area is 114 Å². The minimum atomic E-state index is 0.0555. The van der Waals surface area contributed by atoms with E-state index in [0.717, 1.165) is 11.3 Å². The Hall–Kier alpha value is -1.83. The molecular weight excluding hydrogens is 234 g/mol. The van der Waals surface area contributed by atoms with Crippen LogP contribution < -0.4 is 5.56 Å². The number of nitrogens with zero attached hydrogens (tertiary/aromatic N) is 1. The Balaban J connectivity index is 2.28. The zero-order valence-corrected chi connectivity index (χ0v) is 12.1. The van der Waals surface area contributed by atoms with Gasteiger partial charge in [-0.2, -0.15) is 0 Å². The first kappa shape index (κ1) is 13.6. The molecule has 2 aromatic rings. The van der Waals surface area contributed by atoms with Gasteiger partial charge in [-0.3, -0.25) is 4.79 Å². The topological polar surface area (TPSA) is 22.0 Å². The smallest absolute Gasteiger partial charge is 0.251 e. The molecule has 0 spiro atoms. The molecule has 2 rings (SSSR count). The highest BCUT2D eigenvalue weighted by Crippen LogP contribution is 2.22. The fourth-order valence-electron chi connectivity index (χ4n) is 2.12. The molecule has 1 aromatic heterocycles. The predicted molar refractivity (Wildman–Crippen MR) is 79.7 cm³/mol. The van der Waals surface area contributed by atoms with Crippen LogP contribution in [0.1, 0.15) is 37.6 Å². The number of hydrogen-bond donors (Lipinski definition) is 0. The standard InChI is InChI=1S/C17H21NO/c1-13-6-5-7-16(19)18(13)12-14-8-10-15(11-9-14)17(2,3)4/h5-11H,12H2,1-4H3. The molecule has 2 nitrogen and oxygen atoms in total. The Kier molecular flexibility index (Phi) is 3.61. The molecule has 0 aliphatic carbocycles. The first-order valence-corrected chi connectivity index (χ1v) is 6.64. The van der Waals surface area contributed by atoms with E-state index in [1.165, 1.54) is 5.56 Å². The lowest BCUT2D eigenvalue weighted by atomic mass is 9.87. The van der Waals surface area contributed by atoms with Gasteiger partial charge in [-0.15, -0.1) is 0 Å². The molecule has 19 heavy (non-hydrogen) atoms. The molecular formula is C17H21NO. The van der Waals surface area contributed by atoms with Crippen LogP contribution >= 0.6 is 0 Å². The molecule has 0 aliphatic rings. The van der Waals surface area contributed by atoms with Gasteiger partial charge < -0.3 is 4.57 Å². The Bertz CT molecular complexity index is 615. The summed E-state index contributed by atoms with van der Waals surface area (Å²) in [4.78, 5) is 11.8. The fraction of sp³-hybridized carbons (Fsp3) is 0.353. The van der Waals surface area contributed by atoms with Crippen LogP contribution in [-0.4, -0.2) is 4.57 Å². The van der Waals surface area contributed by atoms with Crippen molar-refractivity contribution in [1.82, 2.24) is 4.57 Å². The van der Waals surface area contributed by atoms with Crippen molar-refractivity contribution in [1.29, 1.82) is 0 Å². The van der Waals surface area contributed by atoms with E-state index in [9.17, 15) is 4.79 Å². The molecule has 0 aliphatic heterocycles. The van der Waals surface area contributed by atoms with Crippen molar-refractivity contribution in [2.45, 2.75) is 39.7 Å². The monoisotopic (exact) mass is 255 g/mol. The molecule has 2 heteroatoms. The number of hydrogen-bond acceptors (Lipinski definition) is 1. The molecule has 1 aromatic carbocycles. The molecule has 0 amide bonds. The third-order valence-electron chi connectivity index (χ3n) is 3.43. The van der Waals surface area contributed by atoms with Crippen LogP contribution in [0.4, 0.5) is 0 Å². The van der Waals surface area contributed by atoms with E-state index >= 15 is 0 Å². The maximum absolute atomic E-state index is 11.8. The summed E-state index contributed by atoms with van der Waals surface area (Å²) in [7, 11) is 0. The lowest BCUT2D eigenvalue weighted by molar-refractivity contribution is 0.589. The van der Waals surface area contributed by atoms with Gasteiger partial charge in [0.1, 0.15) is 0 Å². The summed E-state index contributed by atoms with van der Waals surface area (Å²) in [6.45, 7) is 9.20. The summed E-state index contributed by atoms with van der Waals surface area (Å²) in [6, 6.07) is 13.9. The van der Waals surface area contributed by atoms with Crippen molar-refractivity contribution in [3.05, 3.63) is 69.6 Å². The van der Waals surface area contributed by atoms with Gasteiger partial charge in [-0.05, 0) is 29.5 Å². The molecule has 0 saturated heterocycles. The number of benzene rings is 1. The number of pyridine rings is 1. The second kappa shape index (κ2) is 5.04.